The summed E-state index contributed by atoms with van der Waals surface area (Å²) in [4.78, 5) is 17.2. The van der Waals surface area contributed by atoms with Gasteiger partial charge < -0.3 is 9.47 Å². The summed E-state index contributed by atoms with van der Waals surface area (Å²) in [5.74, 6) is 0.113. The van der Waals surface area contributed by atoms with Crippen molar-refractivity contribution in [2.45, 2.75) is 6.61 Å². The molecular weight excluding hydrogens is 462 g/mol. The minimum Gasteiger partial charge on any atom is -0.496 e. The molecule has 0 aliphatic rings. The first kappa shape index (κ1) is 22.2. The number of pyridine rings is 1. The van der Waals surface area contributed by atoms with Crippen LogP contribution in [0.3, 0.4) is 0 Å². The van der Waals surface area contributed by atoms with Crippen molar-refractivity contribution < 1.29 is 14.3 Å². The highest BCUT2D eigenvalue weighted by Gasteiger charge is 2.19. The highest BCUT2D eigenvalue weighted by Crippen LogP contribution is 2.33. The Balaban J connectivity index is 1.54. The zero-order valence-electron chi connectivity index (χ0n) is 17.3. The summed E-state index contributed by atoms with van der Waals surface area (Å²) in [5, 5.41) is 21.1. The van der Waals surface area contributed by atoms with Gasteiger partial charge in [0, 0.05) is 22.3 Å². The van der Waals surface area contributed by atoms with Gasteiger partial charge in [0.1, 0.15) is 24.1 Å². The molecule has 2 aromatic heterocycles. The molecule has 10 heteroatoms. The number of hydrogen-bond donors (Lipinski definition) is 1. The van der Waals surface area contributed by atoms with E-state index in [0.717, 1.165) is 16.9 Å². The average Bonchev–Trinajstić information content (AvgIpc) is 3.30. The summed E-state index contributed by atoms with van der Waals surface area (Å²) in [6.07, 6.45) is 1.48. The van der Waals surface area contributed by atoms with Crippen LogP contribution in [-0.4, -0.2) is 28.2 Å². The topological polar surface area (TPSA) is 110 Å². The number of methoxy groups -OCH3 is 1. The van der Waals surface area contributed by atoms with Gasteiger partial charge in [-0.15, -0.1) is 5.10 Å². The van der Waals surface area contributed by atoms with Crippen LogP contribution in [0.15, 0.2) is 60.8 Å². The predicted octanol–water partition coefficient (Wildman–Crippen LogP) is 4.97. The van der Waals surface area contributed by atoms with Gasteiger partial charge in [0.2, 0.25) is 5.13 Å². The van der Waals surface area contributed by atoms with Crippen LogP contribution in [0.1, 0.15) is 21.6 Å². The Morgan fingerprint density at radius 1 is 1.15 bits per heavy atom. The maximum absolute atomic E-state index is 13.1. The number of rotatable bonds is 7. The molecule has 2 heterocycles. The molecule has 8 nitrogen and oxygen atoms in total. The molecule has 0 aliphatic heterocycles. The standard InChI is InChI=1S/C23H16ClN5O3S/c1-31-20-5-3-2-4-17(20)19-12-26-16(11-25)10-18(19)21(30)27-22-28-29-23(33-22)32-13-14-6-8-15(24)9-7-14/h2-10,12H,13H2,1H3,(H,27,28,30). The Labute approximate surface area is 198 Å². The second-order valence-electron chi connectivity index (χ2n) is 6.67. The number of hydrogen-bond acceptors (Lipinski definition) is 8. The van der Waals surface area contributed by atoms with Crippen LogP contribution >= 0.6 is 22.9 Å². The number of aromatic nitrogens is 3. The van der Waals surface area contributed by atoms with Crippen molar-refractivity contribution in [3.63, 3.8) is 0 Å². The molecule has 0 fully saturated rings. The second-order valence-corrected chi connectivity index (χ2v) is 8.05. The Morgan fingerprint density at radius 3 is 2.70 bits per heavy atom. The molecule has 0 spiro atoms. The third-order valence-corrected chi connectivity index (χ3v) is 5.57. The van der Waals surface area contributed by atoms with Crippen LogP contribution in [0.4, 0.5) is 5.13 Å². The number of carbonyl (C=O) groups is 1. The number of nitrogens with one attached hydrogen (secondary N) is 1. The van der Waals surface area contributed by atoms with Crippen molar-refractivity contribution in [1.82, 2.24) is 15.2 Å². The van der Waals surface area contributed by atoms with Gasteiger partial charge in [-0.3, -0.25) is 10.1 Å². The zero-order chi connectivity index (χ0) is 23.2. The molecule has 0 unspecified atom stereocenters. The average molecular weight is 478 g/mol. The van der Waals surface area contributed by atoms with E-state index in [1.54, 1.807) is 25.3 Å². The molecule has 1 N–H and O–H groups in total. The van der Waals surface area contributed by atoms with Crippen molar-refractivity contribution >= 4 is 34.0 Å². The number of nitrogens with zero attached hydrogens (tertiary/aromatic N) is 4. The Morgan fingerprint density at radius 2 is 1.94 bits per heavy atom. The van der Waals surface area contributed by atoms with E-state index in [9.17, 15) is 10.1 Å². The number of halogens is 1. The van der Waals surface area contributed by atoms with Gasteiger partial charge in [0.15, 0.2) is 0 Å². The lowest BCUT2D eigenvalue weighted by atomic mass is 9.99. The number of ether oxygens (including phenoxy) is 2. The normalized spacial score (nSPS) is 10.3. The predicted molar refractivity (Wildman–Crippen MR) is 125 cm³/mol. The molecule has 164 valence electrons. The van der Waals surface area contributed by atoms with Crippen molar-refractivity contribution in [3.8, 4) is 28.1 Å². The molecule has 4 rings (SSSR count). The number of carbonyl (C=O) groups excluding carboxylic acids is 1. The van der Waals surface area contributed by atoms with Crippen molar-refractivity contribution in [3.05, 3.63) is 82.6 Å². The SMILES string of the molecule is COc1ccccc1-c1cnc(C#N)cc1C(=O)Nc1nnc(OCc2ccc(Cl)cc2)s1. The maximum atomic E-state index is 13.1. The molecular formula is C23H16ClN5O3S. The van der Waals surface area contributed by atoms with Gasteiger partial charge in [-0.2, -0.15) is 5.26 Å². The lowest BCUT2D eigenvalue weighted by Gasteiger charge is -2.12. The number of amides is 1. The maximum Gasteiger partial charge on any atom is 0.296 e. The largest absolute Gasteiger partial charge is 0.496 e. The quantitative estimate of drug-likeness (QED) is 0.400. The highest BCUT2D eigenvalue weighted by atomic mass is 35.5. The zero-order valence-corrected chi connectivity index (χ0v) is 18.9. The van der Waals surface area contributed by atoms with Crippen molar-refractivity contribution in [1.29, 1.82) is 5.26 Å². The Kier molecular flexibility index (Phi) is 6.78. The first-order valence-electron chi connectivity index (χ1n) is 9.63. The minimum absolute atomic E-state index is 0.114. The van der Waals surface area contributed by atoms with E-state index >= 15 is 0 Å². The molecule has 4 aromatic rings. The van der Waals surface area contributed by atoms with Crippen LogP contribution in [0.25, 0.3) is 11.1 Å². The fraction of sp³-hybridized carbons (Fsp3) is 0.0870. The van der Waals surface area contributed by atoms with Gasteiger partial charge in [-0.25, -0.2) is 4.98 Å². The fourth-order valence-electron chi connectivity index (χ4n) is 2.99. The molecule has 0 bridgehead atoms. The van der Waals surface area contributed by atoms with E-state index in [0.29, 0.717) is 27.1 Å². The van der Waals surface area contributed by atoms with Crippen molar-refractivity contribution in [2.24, 2.45) is 0 Å². The van der Waals surface area contributed by atoms with E-state index in [1.165, 1.54) is 12.3 Å². The minimum atomic E-state index is -0.463. The third-order valence-electron chi connectivity index (χ3n) is 4.56. The highest BCUT2D eigenvalue weighted by molar-refractivity contribution is 7.17. The monoisotopic (exact) mass is 477 g/mol. The van der Waals surface area contributed by atoms with Gasteiger partial charge in [0.05, 0.1) is 12.7 Å². The molecule has 0 saturated carbocycles. The number of nitriles is 1. The molecule has 2 aromatic carbocycles. The Hall–Kier alpha value is -4.00. The molecule has 0 saturated heterocycles. The lowest BCUT2D eigenvalue weighted by Crippen LogP contribution is -2.14. The third kappa shape index (κ3) is 5.26. The van der Waals surface area contributed by atoms with Crippen LogP contribution < -0.4 is 14.8 Å². The fourth-order valence-corrected chi connectivity index (χ4v) is 3.71. The molecule has 33 heavy (non-hydrogen) atoms. The van der Waals surface area contributed by atoms with E-state index in [4.69, 9.17) is 21.1 Å². The van der Waals surface area contributed by atoms with Crippen LogP contribution in [-0.2, 0) is 6.61 Å². The van der Waals surface area contributed by atoms with Gasteiger partial charge >= 0.3 is 0 Å². The molecule has 0 aliphatic carbocycles. The van der Waals surface area contributed by atoms with Crippen molar-refractivity contribution in [2.75, 3.05) is 12.4 Å². The smallest absolute Gasteiger partial charge is 0.296 e. The van der Waals surface area contributed by atoms with E-state index in [2.05, 4.69) is 20.5 Å². The first-order chi connectivity index (χ1) is 16.1. The molecule has 0 atom stereocenters. The lowest BCUT2D eigenvalue weighted by molar-refractivity contribution is 0.102. The summed E-state index contributed by atoms with van der Waals surface area (Å²) in [7, 11) is 1.54. The molecule has 1 amide bonds. The first-order valence-corrected chi connectivity index (χ1v) is 10.8. The van der Waals surface area contributed by atoms with Gasteiger partial charge in [-0.05, 0) is 41.2 Å². The van der Waals surface area contributed by atoms with Crippen LogP contribution in [0.2, 0.25) is 5.02 Å². The van der Waals surface area contributed by atoms with Gasteiger partial charge in [0.25, 0.3) is 11.1 Å². The summed E-state index contributed by atoms with van der Waals surface area (Å²) in [6.45, 7) is 0.285. The summed E-state index contributed by atoms with van der Waals surface area (Å²) in [5.41, 5.74) is 2.48. The van der Waals surface area contributed by atoms with E-state index in [-0.39, 0.29) is 23.0 Å². The number of para-hydroxylation sites is 1. The van der Waals surface area contributed by atoms with Gasteiger partial charge in [-0.1, -0.05) is 47.0 Å². The second kappa shape index (κ2) is 10.1. The summed E-state index contributed by atoms with van der Waals surface area (Å²) >= 11 is 6.98. The van der Waals surface area contributed by atoms with E-state index in [1.807, 2.05) is 36.4 Å². The summed E-state index contributed by atoms with van der Waals surface area (Å²) < 4.78 is 11.1. The van der Waals surface area contributed by atoms with Crippen LogP contribution in [0.5, 0.6) is 10.9 Å². The molecule has 0 radical (unpaired) electrons. The van der Waals surface area contributed by atoms with E-state index < -0.39 is 5.91 Å². The summed E-state index contributed by atoms with van der Waals surface area (Å²) in [6, 6.07) is 17.9. The Bertz CT molecular complexity index is 1330. The number of benzene rings is 2. The van der Waals surface area contributed by atoms with Crippen LogP contribution in [0, 0.1) is 11.3 Å². The number of anilines is 1.